The molecule has 7 aromatic rings. The number of hydrogen-bond acceptors (Lipinski definition) is 4. The van der Waals surface area contributed by atoms with Gasteiger partial charge in [-0.1, -0.05) is 78.9 Å². The molecule has 0 aromatic heterocycles. The molecule has 2 N–H and O–H groups in total. The second-order valence-electron chi connectivity index (χ2n) is 13.5. The molecule has 7 rings (SSSR count). The minimum absolute atomic E-state index is 0.252. The van der Waals surface area contributed by atoms with Crippen LogP contribution in [0.4, 0.5) is 34.1 Å². The summed E-state index contributed by atoms with van der Waals surface area (Å²) in [5.41, 5.74) is 10.3. The van der Waals surface area contributed by atoms with Crippen LogP contribution in [0.5, 0.6) is 11.5 Å². The molecular weight excluding hydrogens is 669 g/mol. The SMILES string of the molecule is Cc1cc([NH+](c2ccccc2)c2ccccc2)cc(C)c1OC(=O)c1cccc(C(=O)Oc2c(C)cc([NH+](c3ccccc3)c3ccccc3)cc2C)c1. The van der Waals surface area contributed by atoms with Crippen molar-refractivity contribution in [2.45, 2.75) is 27.7 Å². The number of quaternary nitrogens is 2. The van der Waals surface area contributed by atoms with Crippen LogP contribution in [0.3, 0.4) is 0 Å². The Labute approximate surface area is 316 Å². The van der Waals surface area contributed by atoms with E-state index in [9.17, 15) is 9.59 Å². The lowest BCUT2D eigenvalue weighted by Gasteiger charge is -2.21. The minimum Gasteiger partial charge on any atom is -0.422 e. The number of rotatable bonds is 10. The van der Waals surface area contributed by atoms with E-state index in [-0.39, 0.29) is 11.1 Å². The molecule has 0 fully saturated rings. The average Bonchev–Trinajstić information content (AvgIpc) is 3.19. The average molecular weight is 711 g/mol. The third-order valence-electron chi connectivity index (χ3n) is 9.47. The van der Waals surface area contributed by atoms with Gasteiger partial charge in [-0.2, -0.15) is 0 Å². The van der Waals surface area contributed by atoms with Crippen LogP contribution in [-0.4, -0.2) is 11.9 Å². The summed E-state index contributed by atoms with van der Waals surface area (Å²) in [6, 6.07) is 55.8. The quantitative estimate of drug-likeness (QED) is 0.110. The first kappa shape index (κ1) is 35.8. The van der Waals surface area contributed by atoms with E-state index >= 15 is 0 Å². The van der Waals surface area contributed by atoms with E-state index in [1.54, 1.807) is 18.2 Å². The van der Waals surface area contributed by atoms with Crippen LogP contribution < -0.4 is 19.3 Å². The highest BCUT2D eigenvalue weighted by molar-refractivity contribution is 5.97. The van der Waals surface area contributed by atoms with Gasteiger partial charge in [-0.05, 0) is 117 Å². The van der Waals surface area contributed by atoms with Crippen molar-refractivity contribution in [3.8, 4) is 11.5 Å². The summed E-state index contributed by atoms with van der Waals surface area (Å²) in [5.74, 6) is -0.127. The lowest BCUT2D eigenvalue weighted by atomic mass is 10.1. The van der Waals surface area contributed by atoms with Crippen molar-refractivity contribution in [2.75, 3.05) is 0 Å². The zero-order valence-electron chi connectivity index (χ0n) is 30.8. The van der Waals surface area contributed by atoms with E-state index in [4.69, 9.17) is 9.47 Å². The van der Waals surface area contributed by atoms with Crippen LogP contribution in [-0.2, 0) is 0 Å². The third-order valence-corrected chi connectivity index (χ3v) is 9.47. The Bertz CT molecular complexity index is 2120. The minimum atomic E-state index is -0.555. The van der Waals surface area contributed by atoms with E-state index in [2.05, 4.69) is 72.8 Å². The number of para-hydroxylation sites is 4. The van der Waals surface area contributed by atoms with Crippen LogP contribution in [0.25, 0.3) is 0 Å². The van der Waals surface area contributed by atoms with Crippen LogP contribution in [0.2, 0.25) is 0 Å². The van der Waals surface area contributed by atoms with Crippen molar-refractivity contribution in [2.24, 2.45) is 0 Å². The van der Waals surface area contributed by atoms with Crippen molar-refractivity contribution >= 4 is 46.1 Å². The van der Waals surface area contributed by atoms with Gasteiger partial charge in [0.25, 0.3) is 0 Å². The maximum Gasteiger partial charge on any atom is 0.343 e. The van der Waals surface area contributed by atoms with Crippen LogP contribution >= 0.6 is 0 Å². The summed E-state index contributed by atoms with van der Waals surface area (Å²) < 4.78 is 12.0. The summed E-state index contributed by atoms with van der Waals surface area (Å²) >= 11 is 0. The first-order valence-electron chi connectivity index (χ1n) is 18.0. The summed E-state index contributed by atoms with van der Waals surface area (Å²) in [7, 11) is 0. The molecule has 0 heterocycles. The normalized spacial score (nSPS) is 11.1. The van der Waals surface area contributed by atoms with Gasteiger partial charge < -0.3 is 9.47 Å². The number of carbonyl (C=O) groups is 2. The molecule has 54 heavy (non-hydrogen) atoms. The second-order valence-corrected chi connectivity index (χ2v) is 13.5. The molecule has 0 atom stereocenters. The van der Waals surface area contributed by atoms with Gasteiger partial charge in [0.05, 0.1) is 11.1 Å². The van der Waals surface area contributed by atoms with E-state index in [0.717, 1.165) is 66.2 Å². The van der Waals surface area contributed by atoms with Crippen molar-refractivity contribution in [3.05, 3.63) is 203 Å². The molecular formula is C48H42N2O4+2. The zero-order chi connectivity index (χ0) is 37.6. The van der Waals surface area contributed by atoms with E-state index in [1.165, 1.54) is 6.07 Å². The Kier molecular flexibility index (Phi) is 10.6. The van der Waals surface area contributed by atoms with Crippen LogP contribution in [0.1, 0.15) is 43.0 Å². The van der Waals surface area contributed by atoms with Crippen molar-refractivity contribution in [3.63, 3.8) is 0 Å². The highest BCUT2D eigenvalue weighted by atomic mass is 16.5. The zero-order valence-corrected chi connectivity index (χ0v) is 30.8. The molecule has 0 radical (unpaired) electrons. The Balaban J connectivity index is 1.10. The molecule has 7 aromatic carbocycles. The molecule has 0 spiro atoms. The highest BCUT2D eigenvalue weighted by Crippen LogP contribution is 2.30. The van der Waals surface area contributed by atoms with Gasteiger partial charge in [0.15, 0.2) is 0 Å². The first-order valence-corrected chi connectivity index (χ1v) is 18.0. The number of benzene rings is 7. The maximum atomic E-state index is 13.6. The van der Waals surface area contributed by atoms with Crippen LogP contribution in [0.15, 0.2) is 170 Å². The molecule has 0 aliphatic rings. The molecule has 0 bridgehead atoms. The predicted molar refractivity (Wildman–Crippen MR) is 214 cm³/mol. The fourth-order valence-corrected chi connectivity index (χ4v) is 7.01. The fourth-order valence-electron chi connectivity index (χ4n) is 7.01. The molecule has 0 unspecified atom stereocenters. The van der Waals surface area contributed by atoms with Gasteiger partial charge in [0.1, 0.15) is 45.6 Å². The predicted octanol–water partition coefficient (Wildman–Crippen LogP) is 9.72. The Hall–Kier alpha value is -6.60. The van der Waals surface area contributed by atoms with E-state index in [0.29, 0.717) is 11.5 Å². The number of carbonyl (C=O) groups excluding carboxylic acids is 2. The van der Waals surface area contributed by atoms with Gasteiger partial charge in [0.2, 0.25) is 0 Å². The smallest absolute Gasteiger partial charge is 0.343 e. The molecule has 0 saturated heterocycles. The molecule has 0 amide bonds. The fraction of sp³-hybridized carbons (Fsp3) is 0.0833. The number of esters is 2. The largest absolute Gasteiger partial charge is 0.422 e. The summed E-state index contributed by atoms with van der Waals surface area (Å²) in [6.07, 6.45) is 0. The van der Waals surface area contributed by atoms with Crippen LogP contribution in [0, 0.1) is 27.7 Å². The van der Waals surface area contributed by atoms with Gasteiger partial charge in [-0.15, -0.1) is 0 Å². The molecule has 0 aliphatic carbocycles. The maximum absolute atomic E-state index is 13.6. The number of aryl methyl sites for hydroxylation is 4. The summed E-state index contributed by atoms with van der Waals surface area (Å²) in [5, 5.41) is 0. The summed E-state index contributed by atoms with van der Waals surface area (Å²) in [6.45, 7) is 7.77. The van der Waals surface area contributed by atoms with Crippen molar-refractivity contribution < 1.29 is 28.9 Å². The number of ether oxygens (including phenoxy) is 2. The lowest BCUT2D eigenvalue weighted by Crippen LogP contribution is -2.96. The lowest BCUT2D eigenvalue weighted by molar-refractivity contribution is -0.681. The van der Waals surface area contributed by atoms with E-state index in [1.807, 2.05) is 100 Å². The summed E-state index contributed by atoms with van der Waals surface area (Å²) in [4.78, 5) is 29.3. The highest BCUT2D eigenvalue weighted by Gasteiger charge is 2.24. The Morgan fingerprint density at radius 3 is 0.907 bits per heavy atom. The number of hydrogen-bond donors (Lipinski definition) is 2. The van der Waals surface area contributed by atoms with Gasteiger partial charge in [0, 0.05) is 24.3 Å². The van der Waals surface area contributed by atoms with Crippen molar-refractivity contribution in [1.82, 2.24) is 0 Å². The van der Waals surface area contributed by atoms with E-state index < -0.39 is 11.9 Å². The molecule has 6 heteroatoms. The van der Waals surface area contributed by atoms with Gasteiger partial charge in [-0.25, -0.2) is 19.4 Å². The Morgan fingerprint density at radius 2 is 0.630 bits per heavy atom. The monoisotopic (exact) mass is 710 g/mol. The van der Waals surface area contributed by atoms with Gasteiger partial charge >= 0.3 is 11.9 Å². The first-order chi connectivity index (χ1) is 26.3. The third kappa shape index (κ3) is 7.76. The molecule has 0 aliphatic heterocycles. The number of nitrogens with one attached hydrogen (secondary N) is 2. The molecule has 6 nitrogen and oxygen atoms in total. The molecule has 266 valence electrons. The van der Waals surface area contributed by atoms with Gasteiger partial charge in [-0.3, -0.25) is 0 Å². The second kappa shape index (κ2) is 16.0. The Morgan fingerprint density at radius 1 is 0.352 bits per heavy atom. The molecule has 0 saturated carbocycles. The van der Waals surface area contributed by atoms with Crippen molar-refractivity contribution in [1.29, 1.82) is 0 Å². The standard InChI is InChI=1S/C48H40N2O4/c1-33-28-43(49(39-20-9-5-10-21-39)40-22-11-6-12-23-40)29-34(2)45(33)53-47(51)37-18-17-19-38(32-37)48(52)54-46-35(3)30-44(31-36(46)4)50(41-24-13-7-14-25-41)42-26-15-8-16-27-42/h5-32H,1-4H3/p+2. The topological polar surface area (TPSA) is 61.5 Å².